The van der Waals surface area contributed by atoms with Crippen LogP contribution in [0.2, 0.25) is 0 Å². The molecule has 0 spiro atoms. The summed E-state index contributed by atoms with van der Waals surface area (Å²) in [5.41, 5.74) is 1.38. The zero-order valence-electron chi connectivity index (χ0n) is 17.2. The van der Waals surface area contributed by atoms with E-state index in [1.54, 1.807) is 23.6 Å². The zero-order valence-corrected chi connectivity index (χ0v) is 17.2. The van der Waals surface area contributed by atoms with Gasteiger partial charge in [0.15, 0.2) is 0 Å². The smallest absolute Gasteiger partial charge is 0.410 e. The van der Waals surface area contributed by atoms with Crippen LogP contribution < -0.4 is 0 Å². The lowest BCUT2D eigenvalue weighted by atomic mass is 10.1. The molecule has 28 heavy (non-hydrogen) atoms. The SMILES string of the molecule is CCOC(=O)C1CN(C)C(=O)c2c3c(nn2C1)CCN(C(=O)OC(C)(C)C)C3. The fraction of sp³-hybridized carbons (Fsp3) is 0.684. The van der Waals surface area contributed by atoms with Crippen LogP contribution in [0.15, 0.2) is 0 Å². The number of hydrogen-bond donors (Lipinski definition) is 0. The van der Waals surface area contributed by atoms with Gasteiger partial charge in [-0.3, -0.25) is 14.3 Å². The first-order chi connectivity index (χ1) is 13.1. The Kier molecular flexibility index (Phi) is 5.36. The summed E-state index contributed by atoms with van der Waals surface area (Å²) in [5, 5.41) is 4.58. The van der Waals surface area contributed by atoms with Crippen LogP contribution in [0.25, 0.3) is 0 Å². The number of carbonyl (C=O) groups is 3. The highest BCUT2D eigenvalue weighted by atomic mass is 16.6. The highest BCUT2D eigenvalue weighted by Gasteiger charge is 2.37. The molecular weight excluding hydrogens is 364 g/mol. The van der Waals surface area contributed by atoms with Gasteiger partial charge < -0.3 is 19.3 Å². The van der Waals surface area contributed by atoms with Crippen LogP contribution in [0.1, 0.15) is 49.4 Å². The van der Waals surface area contributed by atoms with E-state index in [4.69, 9.17) is 9.47 Å². The van der Waals surface area contributed by atoms with Crippen molar-refractivity contribution in [2.75, 3.05) is 26.7 Å². The van der Waals surface area contributed by atoms with Gasteiger partial charge in [0.1, 0.15) is 11.3 Å². The van der Waals surface area contributed by atoms with Gasteiger partial charge in [0.2, 0.25) is 0 Å². The molecule has 9 nitrogen and oxygen atoms in total. The normalized spacial score (nSPS) is 19.6. The Morgan fingerprint density at radius 3 is 2.61 bits per heavy atom. The second kappa shape index (κ2) is 7.44. The van der Waals surface area contributed by atoms with E-state index in [1.165, 1.54) is 4.90 Å². The van der Waals surface area contributed by atoms with Crippen molar-refractivity contribution in [2.45, 2.75) is 52.8 Å². The molecule has 0 aliphatic carbocycles. The maximum absolute atomic E-state index is 13.0. The molecule has 0 aromatic carbocycles. The molecule has 0 saturated carbocycles. The van der Waals surface area contributed by atoms with Gasteiger partial charge in [-0.15, -0.1) is 0 Å². The number of amides is 2. The van der Waals surface area contributed by atoms with Crippen LogP contribution in [0.4, 0.5) is 4.79 Å². The number of esters is 1. The number of hydrogen-bond acceptors (Lipinski definition) is 6. The lowest BCUT2D eigenvalue weighted by Gasteiger charge is -2.30. The van der Waals surface area contributed by atoms with E-state index in [1.807, 2.05) is 20.8 Å². The highest BCUT2D eigenvalue weighted by molar-refractivity contribution is 5.95. The Bertz CT molecular complexity index is 795. The number of rotatable bonds is 2. The molecule has 154 valence electrons. The van der Waals surface area contributed by atoms with E-state index in [2.05, 4.69) is 5.10 Å². The summed E-state index contributed by atoms with van der Waals surface area (Å²) in [4.78, 5) is 40.8. The van der Waals surface area contributed by atoms with E-state index < -0.39 is 17.6 Å². The van der Waals surface area contributed by atoms with Crippen molar-refractivity contribution in [3.63, 3.8) is 0 Å². The largest absolute Gasteiger partial charge is 0.466 e. The Hall–Kier alpha value is -2.58. The maximum atomic E-state index is 13.0. The molecule has 0 bridgehead atoms. The van der Waals surface area contributed by atoms with Crippen molar-refractivity contribution in [1.82, 2.24) is 19.6 Å². The number of ether oxygens (including phenoxy) is 2. The third-order valence-electron chi connectivity index (χ3n) is 4.81. The van der Waals surface area contributed by atoms with E-state index in [0.29, 0.717) is 25.3 Å². The van der Waals surface area contributed by atoms with Crippen LogP contribution in [-0.4, -0.2) is 69.9 Å². The third-order valence-corrected chi connectivity index (χ3v) is 4.81. The molecule has 1 unspecified atom stereocenters. The molecule has 2 aliphatic heterocycles. The summed E-state index contributed by atoms with van der Waals surface area (Å²) in [5.74, 6) is -1.01. The molecule has 0 N–H and O–H groups in total. The Morgan fingerprint density at radius 1 is 1.25 bits per heavy atom. The van der Waals surface area contributed by atoms with E-state index >= 15 is 0 Å². The molecular formula is C19H28N4O5. The van der Waals surface area contributed by atoms with Crippen LogP contribution in [0.3, 0.4) is 0 Å². The molecule has 0 saturated heterocycles. The molecule has 3 heterocycles. The summed E-state index contributed by atoms with van der Waals surface area (Å²) >= 11 is 0. The summed E-state index contributed by atoms with van der Waals surface area (Å²) < 4.78 is 12.2. The van der Waals surface area contributed by atoms with Crippen molar-refractivity contribution in [3.8, 4) is 0 Å². The van der Waals surface area contributed by atoms with Crippen molar-refractivity contribution in [2.24, 2.45) is 5.92 Å². The zero-order chi connectivity index (χ0) is 20.6. The van der Waals surface area contributed by atoms with Crippen LogP contribution in [0.5, 0.6) is 0 Å². The van der Waals surface area contributed by atoms with Gasteiger partial charge >= 0.3 is 12.1 Å². The quantitative estimate of drug-likeness (QED) is 0.707. The maximum Gasteiger partial charge on any atom is 0.410 e. The summed E-state index contributed by atoms with van der Waals surface area (Å²) in [6.07, 6.45) is 0.132. The van der Waals surface area contributed by atoms with E-state index in [-0.39, 0.29) is 31.5 Å². The average molecular weight is 392 g/mol. The van der Waals surface area contributed by atoms with Crippen LogP contribution in [0, 0.1) is 5.92 Å². The number of aromatic nitrogens is 2. The first-order valence-electron chi connectivity index (χ1n) is 9.59. The fourth-order valence-corrected chi connectivity index (χ4v) is 3.55. The number of carbonyl (C=O) groups excluding carboxylic acids is 3. The Morgan fingerprint density at radius 2 is 1.96 bits per heavy atom. The first-order valence-corrected chi connectivity index (χ1v) is 9.59. The summed E-state index contributed by atoms with van der Waals surface area (Å²) in [7, 11) is 1.66. The molecule has 0 fully saturated rings. The minimum Gasteiger partial charge on any atom is -0.466 e. The average Bonchev–Trinajstić information content (AvgIpc) is 2.90. The molecule has 1 aromatic heterocycles. The lowest BCUT2D eigenvalue weighted by Crippen LogP contribution is -2.40. The highest BCUT2D eigenvalue weighted by Crippen LogP contribution is 2.27. The Balaban J connectivity index is 1.89. The standard InChI is InChI=1S/C19H28N4O5/c1-6-27-17(25)12-9-21(5)16(24)15-13-11-22(18(26)28-19(2,3)4)8-7-14(13)20-23(15)10-12/h12H,6-11H2,1-5H3. The van der Waals surface area contributed by atoms with Gasteiger partial charge in [-0.1, -0.05) is 0 Å². The molecule has 1 atom stereocenters. The topological polar surface area (TPSA) is 94.0 Å². The second-order valence-corrected chi connectivity index (χ2v) is 8.24. The monoisotopic (exact) mass is 392 g/mol. The summed E-state index contributed by atoms with van der Waals surface area (Å²) in [6, 6.07) is 0. The van der Waals surface area contributed by atoms with E-state index in [9.17, 15) is 14.4 Å². The Labute approximate surface area is 164 Å². The predicted molar refractivity (Wildman–Crippen MR) is 99.7 cm³/mol. The van der Waals surface area contributed by atoms with Crippen molar-refractivity contribution < 1.29 is 23.9 Å². The molecule has 0 radical (unpaired) electrons. The van der Waals surface area contributed by atoms with E-state index in [0.717, 1.165) is 11.3 Å². The van der Waals surface area contributed by atoms with Crippen LogP contribution >= 0.6 is 0 Å². The summed E-state index contributed by atoms with van der Waals surface area (Å²) in [6.45, 7) is 8.80. The third kappa shape index (κ3) is 3.98. The van der Waals surface area contributed by atoms with Gasteiger partial charge in [0, 0.05) is 32.1 Å². The minimum atomic E-state index is -0.587. The second-order valence-electron chi connectivity index (χ2n) is 8.24. The molecule has 2 amide bonds. The van der Waals surface area contributed by atoms with Crippen molar-refractivity contribution >= 4 is 18.0 Å². The number of nitrogens with zero attached hydrogens (tertiary/aromatic N) is 4. The number of fused-ring (bicyclic) bond motifs is 3. The van der Waals surface area contributed by atoms with Crippen molar-refractivity contribution in [3.05, 3.63) is 17.0 Å². The van der Waals surface area contributed by atoms with Gasteiger partial charge in [-0.2, -0.15) is 5.10 Å². The predicted octanol–water partition coefficient (Wildman–Crippen LogP) is 1.44. The minimum absolute atomic E-state index is 0.202. The lowest BCUT2D eigenvalue weighted by molar-refractivity contribution is -0.148. The molecule has 1 aromatic rings. The molecule has 2 aliphatic rings. The van der Waals surface area contributed by atoms with Gasteiger partial charge in [-0.25, -0.2) is 4.79 Å². The fourth-order valence-electron chi connectivity index (χ4n) is 3.55. The van der Waals surface area contributed by atoms with Crippen LogP contribution in [-0.2, 0) is 33.8 Å². The van der Waals surface area contributed by atoms with Gasteiger partial charge in [0.25, 0.3) is 5.91 Å². The molecule has 3 rings (SSSR count). The first kappa shape index (κ1) is 20.2. The van der Waals surface area contributed by atoms with Crippen molar-refractivity contribution in [1.29, 1.82) is 0 Å². The van der Waals surface area contributed by atoms with Gasteiger partial charge in [-0.05, 0) is 27.7 Å². The van der Waals surface area contributed by atoms with Gasteiger partial charge in [0.05, 0.1) is 31.3 Å². The molecule has 9 heteroatoms.